The summed E-state index contributed by atoms with van der Waals surface area (Å²) in [6, 6.07) is 7.37. The molecule has 3 aromatic heterocycles. The molecule has 140 valence electrons. The smallest absolute Gasteiger partial charge is 0.858 e. The van der Waals surface area contributed by atoms with Crippen LogP contribution >= 0.6 is 0 Å². The quantitative estimate of drug-likeness (QED) is 0.452. The van der Waals surface area contributed by atoms with E-state index in [0.717, 1.165) is 16.6 Å². The molecule has 0 aliphatic rings. The monoisotopic (exact) mass is 403 g/mol. The predicted octanol–water partition coefficient (Wildman–Crippen LogP) is -0.779. The summed E-state index contributed by atoms with van der Waals surface area (Å²) in [6.45, 7) is 1.61. The van der Waals surface area contributed by atoms with Crippen LogP contribution in [0.3, 0.4) is 0 Å². The summed E-state index contributed by atoms with van der Waals surface area (Å²) in [6.07, 6.45) is 1.36. The van der Waals surface area contributed by atoms with Gasteiger partial charge in [0.1, 0.15) is 17.3 Å². The molecule has 3 heterocycles. The van der Waals surface area contributed by atoms with E-state index in [1.54, 1.807) is 13.0 Å². The van der Waals surface area contributed by atoms with Crippen LogP contribution in [-0.2, 0) is 0 Å². The largest absolute Gasteiger partial charge is 1.00 e. The molecule has 0 saturated carbocycles. The van der Waals surface area contributed by atoms with Crippen LogP contribution in [0.1, 0.15) is 16.2 Å². The van der Waals surface area contributed by atoms with E-state index in [1.165, 1.54) is 24.4 Å². The number of rotatable bonds is 3. The van der Waals surface area contributed by atoms with E-state index in [2.05, 4.69) is 15.1 Å². The van der Waals surface area contributed by atoms with Crippen molar-refractivity contribution in [1.29, 1.82) is 0 Å². The summed E-state index contributed by atoms with van der Waals surface area (Å²) in [7, 11) is 0. The van der Waals surface area contributed by atoms with Gasteiger partial charge in [0, 0.05) is 23.4 Å². The minimum atomic E-state index is -0.787. The number of nitrogens with two attached hydrogens (primary N) is 1. The van der Waals surface area contributed by atoms with Crippen LogP contribution in [0.5, 0.6) is 5.88 Å². The molecule has 0 bridgehead atoms. The van der Waals surface area contributed by atoms with E-state index in [-0.39, 0.29) is 57.7 Å². The number of amides is 1. The molecule has 10 heteroatoms. The van der Waals surface area contributed by atoms with Gasteiger partial charge in [-0.3, -0.25) is 9.78 Å². The molecule has 0 spiro atoms. The van der Waals surface area contributed by atoms with Gasteiger partial charge in [-0.15, -0.1) is 0 Å². The van der Waals surface area contributed by atoms with Gasteiger partial charge in [0.15, 0.2) is 5.65 Å². The number of pyridine rings is 1. The third-order valence-corrected chi connectivity index (χ3v) is 4.24. The second kappa shape index (κ2) is 7.86. The third-order valence-electron chi connectivity index (χ3n) is 4.24. The van der Waals surface area contributed by atoms with E-state index < -0.39 is 23.4 Å². The minimum Gasteiger partial charge on any atom is -0.858 e. The van der Waals surface area contributed by atoms with Gasteiger partial charge in [0.2, 0.25) is 0 Å². The number of hydrogen-bond donors (Lipinski definition) is 1. The first kappa shape index (κ1) is 20.8. The van der Waals surface area contributed by atoms with Gasteiger partial charge in [0.05, 0.1) is 17.0 Å². The normalized spacial score (nSPS) is 10.7. The fourth-order valence-corrected chi connectivity index (χ4v) is 2.94. The zero-order valence-electron chi connectivity index (χ0n) is 15.5. The van der Waals surface area contributed by atoms with Gasteiger partial charge in [-0.1, -0.05) is 0 Å². The Kier molecular flexibility index (Phi) is 5.65. The predicted molar refractivity (Wildman–Crippen MR) is 94.3 cm³/mol. The molecule has 1 amide bonds. The average molecular weight is 403 g/mol. The molecular weight excluding hydrogens is 391 g/mol. The van der Waals surface area contributed by atoms with Crippen LogP contribution in [0.15, 0.2) is 42.6 Å². The van der Waals surface area contributed by atoms with Crippen LogP contribution in [0.25, 0.3) is 28.0 Å². The van der Waals surface area contributed by atoms with Crippen molar-refractivity contribution in [2.24, 2.45) is 5.73 Å². The zero-order valence-corrected chi connectivity index (χ0v) is 17.5. The number of halogens is 2. The maximum Gasteiger partial charge on any atom is 1.00 e. The van der Waals surface area contributed by atoms with Crippen molar-refractivity contribution in [2.45, 2.75) is 6.92 Å². The molecule has 0 radical (unpaired) electrons. The number of primary amides is 1. The number of carbonyl (C=O) groups is 1. The third kappa shape index (κ3) is 3.71. The summed E-state index contributed by atoms with van der Waals surface area (Å²) in [5, 5.41) is 16.6. The number of aryl methyl sites for hydroxylation is 1. The average Bonchev–Trinajstić information content (AvgIpc) is 2.98. The summed E-state index contributed by atoms with van der Waals surface area (Å²) in [5.74, 6) is -2.66. The van der Waals surface area contributed by atoms with E-state index >= 15 is 0 Å². The van der Waals surface area contributed by atoms with Gasteiger partial charge in [0.25, 0.3) is 5.91 Å². The summed E-state index contributed by atoms with van der Waals surface area (Å²) < 4.78 is 28.7. The molecule has 1 aromatic carbocycles. The number of nitrogens with zero attached hydrogens (tertiary/aromatic N) is 4. The number of benzene rings is 1. The molecule has 4 rings (SSSR count). The zero-order chi connectivity index (χ0) is 20.0. The molecular formula is C19H12F2N5NaO2. The van der Waals surface area contributed by atoms with Crippen LogP contribution in [-0.4, -0.2) is 25.5 Å². The second-order valence-electron chi connectivity index (χ2n) is 6.10. The maximum absolute atomic E-state index is 14.3. The van der Waals surface area contributed by atoms with Crippen molar-refractivity contribution in [3.63, 3.8) is 0 Å². The number of hydrogen-bond acceptors (Lipinski definition) is 5. The molecule has 0 fully saturated rings. The summed E-state index contributed by atoms with van der Waals surface area (Å²) in [4.78, 5) is 19.5. The fourth-order valence-electron chi connectivity index (χ4n) is 2.94. The van der Waals surface area contributed by atoms with E-state index in [0.29, 0.717) is 11.3 Å². The molecule has 0 unspecified atom stereocenters. The molecule has 7 nitrogen and oxygen atoms in total. The fraction of sp³-hybridized carbons (Fsp3) is 0.0526. The van der Waals surface area contributed by atoms with Gasteiger partial charge >= 0.3 is 29.6 Å². The van der Waals surface area contributed by atoms with E-state index in [4.69, 9.17) is 5.73 Å². The Morgan fingerprint density at radius 2 is 1.93 bits per heavy atom. The molecule has 4 aromatic rings. The Morgan fingerprint density at radius 3 is 2.55 bits per heavy atom. The van der Waals surface area contributed by atoms with Crippen LogP contribution in [0, 0.1) is 18.6 Å². The first-order valence-corrected chi connectivity index (χ1v) is 8.14. The first-order chi connectivity index (χ1) is 13.3. The number of fused-ring (bicyclic) bond motifs is 1. The number of aromatic nitrogens is 4. The Morgan fingerprint density at radius 1 is 1.17 bits per heavy atom. The van der Waals surface area contributed by atoms with Gasteiger partial charge < -0.3 is 10.8 Å². The first-order valence-electron chi connectivity index (χ1n) is 8.14. The molecule has 2 N–H and O–H groups in total. The maximum atomic E-state index is 14.3. The Bertz CT molecular complexity index is 1240. The molecule has 0 atom stereocenters. The molecule has 0 aliphatic heterocycles. The van der Waals surface area contributed by atoms with Crippen LogP contribution in [0.2, 0.25) is 0 Å². The molecule has 0 saturated heterocycles. The SMILES string of the molecule is Cc1nn2c([O-])cc(-c3ccc(C(N)=O)nc3)nc2c1-c1ccc(F)cc1F.[Na+]. The topological polar surface area (TPSA) is 109 Å². The van der Waals surface area contributed by atoms with Gasteiger partial charge in [-0.05, 0) is 43.1 Å². The van der Waals surface area contributed by atoms with Gasteiger partial charge in [-0.25, -0.2) is 18.3 Å². The Hall–Kier alpha value is -2.88. The second-order valence-corrected chi connectivity index (χ2v) is 6.10. The standard InChI is InChI=1S/C19H13F2N5O2.Na/c1-9-17(12-4-3-11(20)6-13(12)21)19-24-15(7-16(27)26(19)25-9)10-2-5-14(18(22)28)23-8-10;/h2-8,27H,1H3,(H2,22,28);/q;+1/p-1. The minimum absolute atomic E-state index is 0. The summed E-state index contributed by atoms with van der Waals surface area (Å²) >= 11 is 0. The number of carbonyl (C=O) groups excluding carboxylic acids is 1. The van der Waals surface area contributed by atoms with Crippen molar-refractivity contribution >= 4 is 11.6 Å². The van der Waals surface area contributed by atoms with Crippen molar-refractivity contribution < 1.29 is 48.2 Å². The molecule has 29 heavy (non-hydrogen) atoms. The van der Waals surface area contributed by atoms with Crippen molar-refractivity contribution in [3.05, 3.63) is 65.6 Å². The Labute approximate surface area is 185 Å². The van der Waals surface area contributed by atoms with Crippen molar-refractivity contribution in [2.75, 3.05) is 0 Å². The van der Waals surface area contributed by atoms with Crippen LogP contribution in [0.4, 0.5) is 8.78 Å². The van der Waals surface area contributed by atoms with Crippen LogP contribution < -0.4 is 40.4 Å². The van der Waals surface area contributed by atoms with Crippen molar-refractivity contribution in [3.8, 4) is 28.3 Å². The van der Waals surface area contributed by atoms with E-state index in [1.807, 2.05) is 0 Å². The Balaban J connectivity index is 0.00000240. The van der Waals surface area contributed by atoms with Gasteiger partial charge in [-0.2, -0.15) is 5.10 Å². The van der Waals surface area contributed by atoms with E-state index in [9.17, 15) is 18.7 Å². The molecule has 0 aliphatic carbocycles. The van der Waals surface area contributed by atoms with Crippen molar-refractivity contribution in [1.82, 2.24) is 19.6 Å². The summed E-state index contributed by atoms with van der Waals surface area (Å²) in [5.41, 5.74) is 6.85.